The summed E-state index contributed by atoms with van der Waals surface area (Å²) >= 11 is 0. The lowest BCUT2D eigenvalue weighted by Gasteiger charge is -2.27. The van der Waals surface area contributed by atoms with E-state index in [1.165, 1.54) is 5.56 Å². The van der Waals surface area contributed by atoms with E-state index in [1.807, 2.05) is 37.5 Å². The number of ether oxygens (including phenoxy) is 1. The van der Waals surface area contributed by atoms with Crippen molar-refractivity contribution in [3.63, 3.8) is 0 Å². The van der Waals surface area contributed by atoms with Gasteiger partial charge in [-0.2, -0.15) is 0 Å². The fourth-order valence-electron chi connectivity index (χ4n) is 2.88. The van der Waals surface area contributed by atoms with Crippen molar-refractivity contribution in [1.29, 1.82) is 0 Å². The first-order chi connectivity index (χ1) is 11.7. The highest BCUT2D eigenvalue weighted by Crippen LogP contribution is 2.31. The number of fused-ring (bicyclic) bond motifs is 1. The Balaban J connectivity index is 0.00000225. The number of nitrogens with one attached hydrogen (secondary N) is 2. The summed E-state index contributed by atoms with van der Waals surface area (Å²) in [6.45, 7) is 2.17. The third kappa shape index (κ3) is 4.21. The maximum atomic E-state index is 5.45. The fourth-order valence-corrected chi connectivity index (χ4v) is 2.88. The lowest BCUT2D eigenvalue weighted by Crippen LogP contribution is -2.33. The van der Waals surface area contributed by atoms with Gasteiger partial charge >= 0.3 is 0 Å². The van der Waals surface area contributed by atoms with E-state index in [0.29, 0.717) is 0 Å². The second-order valence-corrected chi connectivity index (χ2v) is 5.86. The number of halogens is 1. The van der Waals surface area contributed by atoms with Gasteiger partial charge in [0.25, 0.3) is 0 Å². The summed E-state index contributed by atoms with van der Waals surface area (Å²) in [5.41, 5.74) is 3.15. The van der Waals surface area contributed by atoms with Crippen LogP contribution in [0.3, 0.4) is 0 Å². The highest BCUT2D eigenvalue weighted by Gasteiger charge is 2.19. The summed E-state index contributed by atoms with van der Waals surface area (Å²) in [4.78, 5) is 4.55. The Morgan fingerprint density at radius 2 is 1.80 bits per heavy atom. The molecular formula is C20H24ClN3O. The second kappa shape index (κ2) is 8.70. The molecule has 0 aliphatic heterocycles. The number of nitrogens with zero attached hydrogens (tertiary/aromatic N) is 1. The van der Waals surface area contributed by atoms with Crippen molar-refractivity contribution < 1.29 is 4.74 Å². The SMILES string of the molecule is CNC(C)C(Nc1cc(OC)cc2cccnc12)c1ccccc1.Cl. The highest BCUT2D eigenvalue weighted by molar-refractivity contribution is 5.92. The molecule has 2 aromatic carbocycles. The monoisotopic (exact) mass is 357 g/mol. The molecule has 2 unspecified atom stereocenters. The predicted molar refractivity (Wildman–Crippen MR) is 107 cm³/mol. The zero-order chi connectivity index (χ0) is 16.9. The Morgan fingerprint density at radius 3 is 2.48 bits per heavy atom. The molecule has 4 nitrogen and oxygen atoms in total. The van der Waals surface area contributed by atoms with Crippen molar-refractivity contribution in [1.82, 2.24) is 10.3 Å². The smallest absolute Gasteiger partial charge is 0.121 e. The minimum atomic E-state index is 0. The van der Waals surface area contributed by atoms with Gasteiger partial charge in [-0.05, 0) is 31.7 Å². The van der Waals surface area contributed by atoms with E-state index in [-0.39, 0.29) is 24.5 Å². The molecule has 3 aromatic rings. The average molecular weight is 358 g/mol. The summed E-state index contributed by atoms with van der Waals surface area (Å²) in [6, 6.07) is 18.8. The van der Waals surface area contributed by atoms with Crippen LogP contribution < -0.4 is 15.4 Å². The number of anilines is 1. The van der Waals surface area contributed by atoms with Crippen molar-refractivity contribution >= 4 is 29.0 Å². The maximum absolute atomic E-state index is 5.45. The number of rotatable bonds is 6. The number of hydrogen-bond acceptors (Lipinski definition) is 4. The summed E-state index contributed by atoms with van der Waals surface area (Å²) in [5.74, 6) is 0.821. The topological polar surface area (TPSA) is 46.2 Å². The molecule has 1 heterocycles. The zero-order valence-corrected chi connectivity index (χ0v) is 15.5. The van der Waals surface area contributed by atoms with Crippen LogP contribution in [0, 0.1) is 0 Å². The van der Waals surface area contributed by atoms with Gasteiger partial charge in [-0.1, -0.05) is 36.4 Å². The summed E-state index contributed by atoms with van der Waals surface area (Å²) < 4.78 is 5.45. The first-order valence-corrected chi connectivity index (χ1v) is 8.14. The van der Waals surface area contributed by atoms with E-state index < -0.39 is 0 Å². The molecule has 2 N–H and O–H groups in total. The number of methoxy groups -OCH3 is 1. The van der Waals surface area contributed by atoms with Gasteiger partial charge < -0.3 is 15.4 Å². The Kier molecular flexibility index (Phi) is 6.62. The zero-order valence-electron chi connectivity index (χ0n) is 14.7. The largest absolute Gasteiger partial charge is 0.497 e. The molecule has 2 atom stereocenters. The van der Waals surface area contributed by atoms with Gasteiger partial charge in [0.15, 0.2) is 0 Å². The van der Waals surface area contributed by atoms with Gasteiger partial charge in [-0.25, -0.2) is 0 Å². The van der Waals surface area contributed by atoms with Crippen molar-refractivity contribution in [3.05, 3.63) is 66.4 Å². The average Bonchev–Trinajstić information content (AvgIpc) is 2.65. The summed E-state index contributed by atoms with van der Waals surface area (Å²) in [7, 11) is 3.66. The van der Waals surface area contributed by atoms with Crippen molar-refractivity contribution in [2.24, 2.45) is 0 Å². The number of hydrogen-bond donors (Lipinski definition) is 2. The molecule has 25 heavy (non-hydrogen) atoms. The standard InChI is InChI=1S/C20H23N3O.ClH/c1-14(21-2)19(15-8-5-4-6-9-15)23-18-13-17(24-3)12-16-10-7-11-22-20(16)18;/h4-14,19,21,23H,1-3H3;1H. The van der Waals surface area contributed by atoms with Crippen LogP contribution in [0.2, 0.25) is 0 Å². The molecule has 0 fully saturated rings. The van der Waals surface area contributed by atoms with E-state index in [2.05, 4.69) is 52.9 Å². The van der Waals surface area contributed by atoms with Crippen LogP contribution >= 0.6 is 12.4 Å². The summed E-state index contributed by atoms with van der Waals surface area (Å²) in [6.07, 6.45) is 1.82. The Morgan fingerprint density at radius 1 is 1.04 bits per heavy atom. The van der Waals surface area contributed by atoms with Crippen LogP contribution in [0.5, 0.6) is 5.75 Å². The molecule has 0 saturated carbocycles. The minimum Gasteiger partial charge on any atom is -0.497 e. The molecule has 1 aromatic heterocycles. The molecule has 132 valence electrons. The first kappa shape index (κ1) is 19.0. The third-order valence-electron chi connectivity index (χ3n) is 4.34. The van der Waals surface area contributed by atoms with Gasteiger partial charge in [0.05, 0.1) is 24.4 Å². The van der Waals surface area contributed by atoms with Crippen LogP contribution in [0.4, 0.5) is 5.69 Å². The van der Waals surface area contributed by atoms with E-state index in [4.69, 9.17) is 4.74 Å². The highest BCUT2D eigenvalue weighted by atomic mass is 35.5. The number of benzene rings is 2. The van der Waals surface area contributed by atoms with Gasteiger partial charge in [-0.15, -0.1) is 12.4 Å². The fraction of sp³-hybridized carbons (Fsp3) is 0.250. The summed E-state index contributed by atoms with van der Waals surface area (Å²) in [5, 5.41) is 8.06. The predicted octanol–water partition coefficient (Wildman–Crippen LogP) is 4.43. The van der Waals surface area contributed by atoms with E-state index in [0.717, 1.165) is 22.3 Å². The van der Waals surface area contributed by atoms with Gasteiger partial charge in [-0.3, -0.25) is 4.98 Å². The molecule has 0 saturated heterocycles. The number of aromatic nitrogens is 1. The third-order valence-corrected chi connectivity index (χ3v) is 4.34. The normalized spacial score (nSPS) is 12.9. The van der Waals surface area contributed by atoms with E-state index in [1.54, 1.807) is 7.11 Å². The molecule has 0 radical (unpaired) electrons. The van der Waals surface area contributed by atoms with Crippen molar-refractivity contribution in [2.75, 3.05) is 19.5 Å². The van der Waals surface area contributed by atoms with Crippen molar-refractivity contribution in [3.8, 4) is 5.75 Å². The van der Waals surface area contributed by atoms with Crippen LogP contribution in [0.15, 0.2) is 60.8 Å². The lowest BCUT2D eigenvalue weighted by molar-refractivity contribution is 0.415. The van der Waals surface area contributed by atoms with E-state index in [9.17, 15) is 0 Å². The molecule has 0 spiro atoms. The number of likely N-dealkylation sites (N-methyl/N-ethyl adjacent to an activating group) is 1. The Hall–Kier alpha value is -2.30. The van der Waals surface area contributed by atoms with Gasteiger partial charge in [0, 0.05) is 23.7 Å². The first-order valence-electron chi connectivity index (χ1n) is 8.14. The van der Waals surface area contributed by atoms with Crippen molar-refractivity contribution in [2.45, 2.75) is 19.0 Å². The van der Waals surface area contributed by atoms with Crippen LogP contribution in [0.1, 0.15) is 18.5 Å². The van der Waals surface area contributed by atoms with Crippen LogP contribution in [-0.2, 0) is 0 Å². The Labute approximate surface area is 155 Å². The Bertz CT molecular complexity index is 810. The minimum absolute atomic E-state index is 0. The van der Waals surface area contributed by atoms with Gasteiger partial charge in [0.1, 0.15) is 5.75 Å². The maximum Gasteiger partial charge on any atom is 0.121 e. The van der Waals surface area contributed by atoms with Crippen LogP contribution in [-0.4, -0.2) is 25.2 Å². The number of pyridine rings is 1. The molecule has 5 heteroatoms. The lowest BCUT2D eigenvalue weighted by atomic mass is 9.99. The second-order valence-electron chi connectivity index (χ2n) is 5.86. The van der Waals surface area contributed by atoms with Crippen LogP contribution in [0.25, 0.3) is 10.9 Å². The van der Waals surface area contributed by atoms with Gasteiger partial charge in [0.2, 0.25) is 0 Å². The van der Waals surface area contributed by atoms with E-state index >= 15 is 0 Å². The molecule has 0 bridgehead atoms. The molecular weight excluding hydrogens is 334 g/mol. The molecule has 0 aliphatic rings. The quantitative estimate of drug-likeness (QED) is 0.685. The molecule has 0 amide bonds. The molecule has 3 rings (SSSR count). The molecule has 0 aliphatic carbocycles.